The van der Waals surface area contributed by atoms with E-state index < -0.39 is 11.7 Å². The van der Waals surface area contributed by atoms with Crippen molar-refractivity contribution in [3.8, 4) is 11.1 Å². The molecule has 0 amide bonds. The van der Waals surface area contributed by atoms with Gasteiger partial charge in [-0.2, -0.15) is 0 Å². The van der Waals surface area contributed by atoms with Crippen molar-refractivity contribution in [2.45, 2.75) is 53.2 Å². The summed E-state index contributed by atoms with van der Waals surface area (Å²) in [6.45, 7) is 12.0. The highest BCUT2D eigenvalue weighted by atomic mass is 16.6. The second kappa shape index (κ2) is 7.40. The van der Waals surface area contributed by atoms with Crippen LogP contribution in [0.2, 0.25) is 0 Å². The lowest BCUT2D eigenvalue weighted by molar-refractivity contribution is -0.164. The topological polar surface area (TPSA) is 35.5 Å². The van der Waals surface area contributed by atoms with Gasteiger partial charge in [0.1, 0.15) is 0 Å². The van der Waals surface area contributed by atoms with E-state index in [9.17, 15) is 4.79 Å². The zero-order valence-corrected chi connectivity index (χ0v) is 16.3. The highest BCUT2D eigenvalue weighted by Gasteiger charge is 2.32. The minimum absolute atomic E-state index is 0.378. The van der Waals surface area contributed by atoms with E-state index >= 15 is 0 Å². The van der Waals surface area contributed by atoms with Crippen LogP contribution in [0.5, 0.6) is 0 Å². The van der Waals surface area contributed by atoms with Crippen molar-refractivity contribution >= 4 is 5.97 Å². The van der Waals surface area contributed by atoms with Gasteiger partial charge in [-0.05, 0) is 63.8 Å². The molecule has 3 heteroatoms. The Bertz CT molecular complexity index is 752. The minimum atomic E-state index is -0.763. The molecule has 1 atom stereocenters. The molecular weight excluding hydrogens is 312 g/mol. The third-order valence-electron chi connectivity index (χ3n) is 4.16. The first-order valence-corrected chi connectivity index (χ1v) is 8.57. The summed E-state index contributed by atoms with van der Waals surface area (Å²) in [4.78, 5) is 12.5. The van der Waals surface area contributed by atoms with Crippen molar-refractivity contribution in [2.24, 2.45) is 0 Å². The number of aryl methyl sites for hydroxylation is 3. The van der Waals surface area contributed by atoms with Crippen molar-refractivity contribution in [2.75, 3.05) is 7.11 Å². The fraction of sp³-hybridized carbons (Fsp3) is 0.409. The van der Waals surface area contributed by atoms with Crippen LogP contribution in [0.15, 0.2) is 36.4 Å². The lowest BCUT2D eigenvalue weighted by Crippen LogP contribution is -2.29. The van der Waals surface area contributed by atoms with Crippen LogP contribution in [-0.2, 0) is 14.3 Å². The van der Waals surface area contributed by atoms with Gasteiger partial charge in [0.15, 0.2) is 6.10 Å². The zero-order chi connectivity index (χ0) is 18.8. The highest BCUT2D eigenvalue weighted by molar-refractivity contribution is 5.83. The van der Waals surface area contributed by atoms with Gasteiger partial charge >= 0.3 is 5.97 Å². The molecule has 3 nitrogen and oxygen atoms in total. The Hall–Kier alpha value is -2.13. The largest absolute Gasteiger partial charge is 0.467 e. The molecule has 0 bridgehead atoms. The van der Waals surface area contributed by atoms with Crippen molar-refractivity contribution in [3.05, 3.63) is 58.7 Å². The van der Waals surface area contributed by atoms with Crippen LogP contribution in [0.1, 0.15) is 49.1 Å². The molecule has 0 saturated carbocycles. The van der Waals surface area contributed by atoms with Crippen LogP contribution in [0.25, 0.3) is 11.1 Å². The third-order valence-corrected chi connectivity index (χ3v) is 4.16. The Morgan fingerprint density at radius 1 is 0.920 bits per heavy atom. The molecular formula is C22H28O3. The van der Waals surface area contributed by atoms with Gasteiger partial charge in [-0.1, -0.05) is 42.0 Å². The maximum atomic E-state index is 12.5. The Morgan fingerprint density at radius 2 is 1.48 bits per heavy atom. The van der Waals surface area contributed by atoms with E-state index in [0.29, 0.717) is 0 Å². The van der Waals surface area contributed by atoms with Crippen LogP contribution in [0.3, 0.4) is 0 Å². The van der Waals surface area contributed by atoms with Crippen molar-refractivity contribution in [1.82, 2.24) is 0 Å². The smallest absolute Gasteiger partial charge is 0.339 e. The van der Waals surface area contributed by atoms with E-state index in [-0.39, 0.29) is 5.97 Å². The average molecular weight is 340 g/mol. The Kier molecular flexibility index (Phi) is 5.69. The molecule has 25 heavy (non-hydrogen) atoms. The Morgan fingerprint density at radius 3 is 2.00 bits per heavy atom. The molecule has 0 spiro atoms. The second-order valence-corrected chi connectivity index (χ2v) is 7.49. The third kappa shape index (κ3) is 4.49. The predicted octanol–water partition coefficient (Wildman–Crippen LogP) is 5.31. The van der Waals surface area contributed by atoms with Crippen LogP contribution in [0, 0.1) is 20.8 Å². The standard InChI is InChI=1S/C22H28O3/c1-14-8-12-17(13-9-14)18-15(2)10-11-16(3)19(18)20(21(23)24-7)25-22(4,5)6/h8-13,20H,1-7H3. The summed E-state index contributed by atoms with van der Waals surface area (Å²) in [7, 11) is 1.40. The number of hydrogen-bond acceptors (Lipinski definition) is 3. The molecule has 0 radical (unpaired) electrons. The Labute approximate surface area is 151 Å². The molecule has 0 N–H and O–H groups in total. The monoisotopic (exact) mass is 340 g/mol. The molecule has 134 valence electrons. The summed E-state index contributed by atoms with van der Waals surface area (Å²) in [6.07, 6.45) is -0.763. The first-order valence-electron chi connectivity index (χ1n) is 8.57. The number of esters is 1. The lowest BCUT2D eigenvalue weighted by atomic mass is 9.88. The van der Waals surface area contributed by atoms with Gasteiger partial charge in [0.05, 0.1) is 12.7 Å². The van der Waals surface area contributed by atoms with Gasteiger partial charge in [0, 0.05) is 5.56 Å². The van der Waals surface area contributed by atoms with Gasteiger partial charge in [-0.25, -0.2) is 4.79 Å². The van der Waals surface area contributed by atoms with E-state index in [4.69, 9.17) is 9.47 Å². The number of benzene rings is 2. The molecule has 0 heterocycles. The highest BCUT2D eigenvalue weighted by Crippen LogP contribution is 2.37. The normalized spacial score (nSPS) is 12.8. The van der Waals surface area contributed by atoms with E-state index in [1.807, 2.05) is 33.8 Å². The fourth-order valence-electron chi connectivity index (χ4n) is 2.96. The summed E-state index contributed by atoms with van der Waals surface area (Å²) in [6, 6.07) is 12.5. The molecule has 0 aliphatic rings. The first-order chi connectivity index (χ1) is 11.6. The maximum Gasteiger partial charge on any atom is 0.339 e. The van der Waals surface area contributed by atoms with Gasteiger partial charge < -0.3 is 9.47 Å². The molecule has 0 aliphatic carbocycles. The van der Waals surface area contributed by atoms with Crippen LogP contribution < -0.4 is 0 Å². The summed E-state index contributed by atoms with van der Waals surface area (Å²) in [5.74, 6) is -0.378. The molecule has 2 aromatic carbocycles. The number of rotatable bonds is 4. The quantitative estimate of drug-likeness (QED) is 0.708. The van der Waals surface area contributed by atoms with Crippen molar-refractivity contribution < 1.29 is 14.3 Å². The van der Waals surface area contributed by atoms with Crippen LogP contribution in [0.4, 0.5) is 0 Å². The minimum Gasteiger partial charge on any atom is -0.467 e. The molecule has 0 saturated heterocycles. The SMILES string of the molecule is COC(=O)C(OC(C)(C)C)c1c(C)ccc(C)c1-c1ccc(C)cc1. The summed E-state index contributed by atoms with van der Waals surface area (Å²) >= 11 is 0. The zero-order valence-electron chi connectivity index (χ0n) is 16.3. The van der Waals surface area contributed by atoms with Crippen molar-refractivity contribution in [3.63, 3.8) is 0 Å². The molecule has 0 aromatic heterocycles. The number of methoxy groups -OCH3 is 1. The molecule has 2 aromatic rings. The maximum absolute atomic E-state index is 12.5. The first kappa shape index (κ1) is 19.2. The number of hydrogen-bond donors (Lipinski definition) is 0. The van der Waals surface area contributed by atoms with Crippen LogP contribution in [-0.4, -0.2) is 18.7 Å². The Balaban J connectivity index is 2.71. The second-order valence-electron chi connectivity index (χ2n) is 7.49. The number of carbonyl (C=O) groups is 1. The predicted molar refractivity (Wildman–Crippen MR) is 102 cm³/mol. The van der Waals surface area contributed by atoms with E-state index in [0.717, 1.165) is 27.8 Å². The molecule has 2 rings (SSSR count). The van der Waals surface area contributed by atoms with E-state index in [1.54, 1.807) is 0 Å². The summed E-state index contributed by atoms with van der Waals surface area (Å²) < 4.78 is 11.2. The van der Waals surface area contributed by atoms with Gasteiger partial charge in [-0.3, -0.25) is 0 Å². The van der Waals surface area contributed by atoms with E-state index in [2.05, 4.69) is 44.2 Å². The number of carbonyl (C=O) groups excluding carboxylic acids is 1. The molecule has 0 fully saturated rings. The van der Waals surface area contributed by atoms with Gasteiger partial charge in [0.2, 0.25) is 0 Å². The van der Waals surface area contributed by atoms with Gasteiger partial charge in [0.25, 0.3) is 0 Å². The molecule has 1 unspecified atom stereocenters. The fourth-order valence-corrected chi connectivity index (χ4v) is 2.96. The van der Waals surface area contributed by atoms with Gasteiger partial charge in [-0.15, -0.1) is 0 Å². The van der Waals surface area contributed by atoms with E-state index in [1.165, 1.54) is 12.7 Å². The van der Waals surface area contributed by atoms with Crippen LogP contribution >= 0.6 is 0 Å². The lowest BCUT2D eigenvalue weighted by Gasteiger charge is -2.29. The summed E-state index contributed by atoms with van der Waals surface area (Å²) in [5, 5.41) is 0. The average Bonchev–Trinajstić information content (AvgIpc) is 2.54. The molecule has 0 aliphatic heterocycles. The number of ether oxygens (including phenoxy) is 2. The van der Waals surface area contributed by atoms with Crippen molar-refractivity contribution in [1.29, 1.82) is 0 Å². The summed E-state index contributed by atoms with van der Waals surface area (Å²) in [5.41, 5.74) is 5.85.